The molecule has 0 radical (unpaired) electrons. The van der Waals surface area contributed by atoms with E-state index in [1.165, 1.54) is 6.07 Å². The normalized spacial score (nSPS) is 10.2. The molecule has 0 spiro atoms. The molecule has 1 aromatic carbocycles. The summed E-state index contributed by atoms with van der Waals surface area (Å²) in [4.78, 5) is 10.4. The van der Waals surface area contributed by atoms with E-state index in [1.54, 1.807) is 31.6 Å². The largest absolute Gasteiger partial charge is 0.487 e. The highest BCUT2D eigenvalue weighted by Crippen LogP contribution is 2.30. The van der Waals surface area contributed by atoms with Gasteiger partial charge in [-0.15, -0.1) is 0 Å². The number of nitrogens with zero attached hydrogens (tertiary/aromatic N) is 1. The van der Waals surface area contributed by atoms with E-state index >= 15 is 0 Å². The molecule has 6 heteroatoms. The van der Waals surface area contributed by atoms with Crippen molar-refractivity contribution in [3.05, 3.63) is 52.5 Å². The second-order valence-electron chi connectivity index (χ2n) is 3.86. The Bertz CT molecular complexity index is 552. The monoisotopic (exact) mass is 262 g/mol. The quantitative estimate of drug-likeness (QED) is 0.639. The zero-order valence-corrected chi connectivity index (χ0v) is 10.5. The molecule has 0 aliphatic rings. The first-order valence-corrected chi connectivity index (χ1v) is 5.87. The third-order valence-electron chi connectivity index (χ3n) is 2.53. The smallest absolute Gasteiger partial charge is 0.311 e. The standard InChI is InChI=1S/C13H14N2O4/c1-2-19-13-7-11(3-4-12(13)15(16)17)14-8-10-5-6-18-9-10/h3-7,9,14H,2,8H2,1H3. The van der Waals surface area contributed by atoms with E-state index in [9.17, 15) is 10.1 Å². The van der Waals surface area contributed by atoms with Crippen molar-refractivity contribution >= 4 is 11.4 Å². The second-order valence-corrected chi connectivity index (χ2v) is 3.86. The first kappa shape index (κ1) is 12.9. The highest BCUT2D eigenvalue weighted by atomic mass is 16.6. The van der Waals surface area contributed by atoms with Crippen molar-refractivity contribution in [1.82, 2.24) is 0 Å². The van der Waals surface area contributed by atoms with Gasteiger partial charge in [0, 0.05) is 29.9 Å². The Balaban J connectivity index is 2.13. The van der Waals surface area contributed by atoms with E-state index in [1.807, 2.05) is 6.07 Å². The number of hydrogen-bond donors (Lipinski definition) is 1. The molecule has 0 bridgehead atoms. The van der Waals surface area contributed by atoms with Crippen LogP contribution in [0.4, 0.5) is 11.4 Å². The van der Waals surface area contributed by atoms with Gasteiger partial charge in [0.15, 0.2) is 5.75 Å². The number of nitro groups is 1. The van der Waals surface area contributed by atoms with Crippen LogP contribution in [0.25, 0.3) is 0 Å². The Hall–Kier alpha value is -2.50. The number of ether oxygens (including phenoxy) is 1. The molecule has 0 aliphatic heterocycles. The average Bonchev–Trinajstić information content (AvgIpc) is 2.90. The van der Waals surface area contributed by atoms with Gasteiger partial charge in [-0.05, 0) is 19.1 Å². The molecular weight excluding hydrogens is 248 g/mol. The summed E-state index contributed by atoms with van der Waals surface area (Å²) in [6.45, 7) is 2.75. The fourth-order valence-corrected chi connectivity index (χ4v) is 1.64. The van der Waals surface area contributed by atoms with Crippen LogP contribution in [0.5, 0.6) is 5.75 Å². The first-order valence-electron chi connectivity index (χ1n) is 5.87. The van der Waals surface area contributed by atoms with Crippen LogP contribution < -0.4 is 10.1 Å². The van der Waals surface area contributed by atoms with Crippen molar-refractivity contribution < 1.29 is 14.1 Å². The minimum Gasteiger partial charge on any atom is -0.487 e. The Labute approximate surface area is 110 Å². The van der Waals surface area contributed by atoms with Gasteiger partial charge in [0.2, 0.25) is 0 Å². The molecule has 0 amide bonds. The van der Waals surface area contributed by atoms with Crippen molar-refractivity contribution in [1.29, 1.82) is 0 Å². The SMILES string of the molecule is CCOc1cc(NCc2ccoc2)ccc1[N+](=O)[O-]. The van der Waals surface area contributed by atoms with Gasteiger partial charge < -0.3 is 14.5 Å². The Morgan fingerprint density at radius 1 is 1.42 bits per heavy atom. The summed E-state index contributed by atoms with van der Waals surface area (Å²) in [6.07, 6.45) is 3.24. The van der Waals surface area contributed by atoms with Gasteiger partial charge in [-0.1, -0.05) is 0 Å². The number of hydrogen-bond acceptors (Lipinski definition) is 5. The van der Waals surface area contributed by atoms with E-state index in [0.29, 0.717) is 13.2 Å². The van der Waals surface area contributed by atoms with E-state index < -0.39 is 4.92 Å². The molecule has 2 rings (SSSR count). The van der Waals surface area contributed by atoms with Gasteiger partial charge in [0.1, 0.15) is 0 Å². The molecule has 1 N–H and O–H groups in total. The maximum absolute atomic E-state index is 10.8. The molecule has 1 heterocycles. The molecule has 0 atom stereocenters. The average molecular weight is 262 g/mol. The number of furan rings is 1. The van der Waals surface area contributed by atoms with Gasteiger partial charge >= 0.3 is 5.69 Å². The number of rotatable bonds is 6. The summed E-state index contributed by atoms with van der Waals surface area (Å²) in [7, 11) is 0. The lowest BCUT2D eigenvalue weighted by molar-refractivity contribution is -0.385. The van der Waals surface area contributed by atoms with Crippen LogP contribution in [0.2, 0.25) is 0 Å². The molecule has 0 saturated heterocycles. The number of nitro benzene ring substituents is 1. The number of nitrogens with one attached hydrogen (secondary N) is 1. The third-order valence-corrected chi connectivity index (χ3v) is 2.53. The number of benzene rings is 1. The van der Waals surface area contributed by atoms with E-state index in [0.717, 1.165) is 11.3 Å². The van der Waals surface area contributed by atoms with Crippen LogP contribution in [0, 0.1) is 10.1 Å². The van der Waals surface area contributed by atoms with Crippen LogP contribution in [0.3, 0.4) is 0 Å². The predicted molar refractivity (Wildman–Crippen MR) is 70.3 cm³/mol. The van der Waals surface area contributed by atoms with E-state index in [-0.39, 0.29) is 11.4 Å². The molecular formula is C13H14N2O4. The van der Waals surface area contributed by atoms with Crippen molar-refractivity contribution in [2.24, 2.45) is 0 Å². The molecule has 0 aliphatic carbocycles. The van der Waals surface area contributed by atoms with E-state index in [2.05, 4.69) is 5.32 Å². The first-order chi connectivity index (χ1) is 9.20. The molecule has 100 valence electrons. The lowest BCUT2D eigenvalue weighted by Crippen LogP contribution is -2.01. The van der Waals surface area contributed by atoms with Crippen LogP contribution in [0.1, 0.15) is 12.5 Å². The second kappa shape index (κ2) is 5.90. The molecule has 1 aromatic heterocycles. The van der Waals surface area contributed by atoms with Gasteiger partial charge in [0.05, 0.1) is 24.1 Å². The molecule has 0 saturated carbocycles. The Morgan fingerprint density at radius 3 is 2.89 bits per heavy atom. The highest BCUT2D eigenvalue weighted by Gasteiger charge is 2.15. The maximum Gasteiger partial charge on any atom is 0.311 e. The van der Waals surface area contributed by atoms with Crippen LogP contribution in [0.15, 0.2) is 41.2 Å². The minimum atomic E-state index is -0.454. The summed E-state index contributed by atoms with van der Waals surface area (Å²) < 4.78 is 10.2. The molecule has 0 fully saturated rings. The van der Waals surface area contributed by atoms with Gasteiger partial charge in [-0.2, -0.15) is 0 Å². The van der Waals surface area contributed by atoms with Crippen LogP contribution in [-0.4, -0.2) is 11.5 Å². The van der Waals surface area contributed by atoms with E-state index in [4.69, 9.17) is 9.15 Å². The molecule has 0 unspecified atom stereocenters. The lowest BCUT2D eigenvalue weighted by Gasteiger charge is -2.08. The fourth-order valence-electron chi connectivity index (χ4n) is 1.64. The Morgan fingerprint density at radius 2 is 2.26 bits per heavy atom. The van der Waals surface area contributed by atoms with Crippen LogP contribution in [-0.2, 0) is 6.54 Å². The molecule has 2 aromatic rings. The fraction of sp³-hybridized carbons (Fsp3) is 0.231. The van der Waals surface area contributed by atoms with Gasteiger partial charge in [-0.25, -0.2) is 0 Å². The zero-order valence-electron chi connectivity index (χ0n) is 10.5. The highest BCUT2D eigenvalue weighted by molar-refractivity contribution is 5.58. The van der Waals surface area contributed by atoms with Crippen molar-refractivity contribution in [2.75, 3.05) is 11.9 Å². The third kappa shape index (κ3) is 3.25. The van der Waals surface area contributed by atoms with Crippen molar-refractivity contribution in [2.45, 2.75) is 13.5 Å². The summed E-state index contributed by atoms with van der Waals surface area (Å²) in [5.74, 6) is 0.268. The van der Waals surface area contributed by atoms with Crippen molar-refractivity contribution in [3.63, 3.8) is 0 Å². The summed E-state index contributed by atoms with van der Waals surface area (Å²) in [5, 5.41) is 14.0. The number of anilines is 1. The summed E-state index contributed by atoms with van der Waals surface area (Å²) >= 11 is 0. The molecule has 19 heavy (non-hydrogen) atoms. The van der Waals surface area contributed by atoms with Crippen LogP contribution >= 0.6 is 0 Å². The topological polar surface area (TPSA) is 77.5 Å². The summed E-state index contributed by atoms with van der Waals surface area (Å²) in [5.41, 5.74) is 1.72. The maximum atomic E-state index is 10.8. The zero-order chi connectivity index (χ0) is 13.7. The summed E-state index contributed by atoms with van der Waals surface area (Å²) in [6, 6.07) is 6.56. The minimum absolute atomic E-state index is 0.0317. The Kier molecular flexibility index (Phi) is 4.02. The molecule has 6 nitrogen and oxygen atoms in total. The predicted octanol–water partition coefficient (Wildman–Crippen LogP) is 3.20. The lowest BCUT2D eigenvalue weighted by atomic mass is 10.2. The van der Waals surface area contributed by atoms with Crippen molar-refractivity contribution in [3.8, 4) is 5.75 Å². The van der Waals surface area contributed by atoms with Gasteiger partial charge in [0.25, 0.3) is 0 Å². The van der Waals surface area contributed by atoms with Gasteiger partial charge in [-0.3, -0.25) is 10.1 Å².